The molecule has 3 N–H and O–H groups in total. The summed E-state index contributed by atoms with van der Waals surface area (Å²) in [6, 6.07) is 15.1. The maximum absolute atomic E-state index is 14.1. The fourth-order valence-electron chi connectivity index (χ4n) is 5.31. The van der Waals surface area contributed by atoms with E-state index in [1.54, 1.807) is 26.0 Å². The van der Waals surface area contributed by atoms with Gasteiger partial charge >= 0.3 is 0 Å². The van der Waals surface area contributed by atoms with Crippen molar-refractivity contribution in [2.24, 2.45) is 0 Å². The van der Waals surface area contributed by atoms with Crippen molar-refractivity contribution in [1.82, 2.24) is 25.6 Å². The summed E-state index contributed by atoms with van der Waals surface area (Å²) in [5, 5.41) is 15.4. The number of carbonyl (C=O) groups is 4. The predicted octanol–water partition coefficient (Wildman–Crippen LogP) is 3.84. The maximum atomic E-state index is 14.1. The van der Waals surface area contributed by atoms with Crippen LogP contribution in [0.25, 0.3) is 0 Å². The van der Waals surface area contributed by atoms with Gasteiger partial charge in [0.05, 0.1) is 18.6 Å². The molecule has 0 aliphatic rings. The molecule has 0 heterocycles. The lowest BCUT2D eigenvalue weighted by Crippen LogP contribution is -2.52. The van der Waals surface area contributed by atoms with Crippen molar-refractivity contribution in [2.45, 2.75) is 51.7 Å². The Bertz CT molecular complexity index is 1540. The summed E-state index contributed by atoms with van der Waals surface area (Å²) < 4.78 is 28.2. The van der Waals surface area contributed by atoms with Gasteiger partial charge in [0.2, 0.25) is 5.91 Å². The highest BCUT2D eigenvalue weighted by molar-refractivity contribution is 6.04. The molecule has 2 atom stereocenters. The third kappa shape index (κ3) is 11.2. The van der Waals surface area contributed by atoms with E-state index in [1.165, 1.54) is 28.1 Å². The number of carbonyl (C=O) groups excluding carboxylic acids is 4. The van der Waals surface area contributed by atoms with Crippen LogP contribution < -0.4 is 10.7 Å². The van der Waals surface area contributed by atoms with E-state index >= 15 is 0 Å². The monoisotopic (exact) mass is 665 g/mol. The lowest BCUT2D eigenvalue weighted by Gasteiger charge is -2.28. The number of halogens is 2. The molecule has 10 nitrogen and oxygen atoms in total. The van der Waals surface area contributed by atoms with Gasteiger partial charge in [-0.15, -0.1) is 0 Å². The van der Waals surface area contributed by atoms with Crippen molar-refractivity contribution in [3.63, 3.8) is 0 Å². The van der Waals surface area contributed by atoms with Crippen LogP contribution in [0.3, 0.4) is 0 Å². The predicted molar refractivity (Wildman–Crippen MR) is 179 cm³/mol. The molecule has 3 aromatic rings. The van der Waals surface area contributed by atoms with Crippen LogP contribution in [0, 0.1) is 11.6 Å². The van der Waals surface area contributed by atoms with Gasteiger partial charge in [0.25, 0.3) is 17.7 Å². The molecule has 3 rings (SSSR count). The number of hydrogen-bond donors (Lipinski definition) is 3. The first-order chi connectivity index (χ1) is 22.8. The van der Waals surface area contributed by atoms with Crippen molar-refractivity contribution in [2.75, 3.05) is 40.8 Å². The number of amides is 4. The van der Waals surface area contributed by atoms with Crippen molar-refractivity contribution < 1.29 is 33.1 Å². The minimum atomic E-state index is -1.33. The largest absolute Gasteiger partial charge is 0.390 e. The van der Waals surface area contributed by atoms with E-state index in [0.29, 0.717) is 13.1 Å². The Morgan fingerprint density at radius 1 is 0.771 bits per heavy atom. The summed E-state index contributed by atoms with van der Waals surface area (Å²) in [6.07, 6.45) is 0.0323. The zero-order valence-electron chi connectivity index (χ0n) is 28.1. The fourth-order valence-corrected chi connectivity index (χ4v) is 5.31. The molecule has 0 aliphatic heterocycles. The molecule has 0 aliphatic carbocycles. The normalized spacial score (nSPS) is 12.3. The molecule has 0 saturated carbocycles. The molecular formula is C36H45F2N5O5. The minimum absolute atomic E-state index is 0.00821. The molecule has 0 spiro atoms. The van der Waals surface area contributed by atoms with Gasteiger partial charge in [-0.3, -0.25) is 24.6 Å². The van der Waals surface area contributed by atoms with E-state index in [1.807, 2.05) is 44.2 Å². The highest BCUT2D eigenvalue weighted by atomic mass is 19.1. The van der Waals surface area contributed by atoms with Crippen molar-refractivity contribution in [3.05, 3.63) is 106 Å². The number of benzene rings is 3. The minimum Gasteiger partial charge on any atom is -0.390 e. The first-order valence-corrected chi connectivity index (χ1v) is 16.0. The van der Waals surface area contributed by atoms with Crippen LogP contribution in [0.1, 0.15) is 68.9 Å². The Labute approximate surface area is 280 Å². The average molecular weight is 666 g/mol. The van der Waals surface area contributed by atoms with E-state index in [9.17, 15) is 33.1 Å². The third-order valence-electron chi connectivity index (χ3n) is 7.51. The van der Waals surface area contributed by atoms with Crippen LogP contribution in [-0.4, -0.2) is 96.5 Å². The lowest BCUT2D eigenvalue weighted by molar-refractivity contribution is -0.125. The summed E-state index contributed by atoms with van der Waals surface area (Å²) in [5.41, 5.74) is 3.91. The van der Waals surface area contributed by atoms with Gasteiger partial charge in [-0.25, -0.2) is 13.8 Å². The van der Waals surface area contributed by atoms with Gasteiger partial charge in [-0.05, 0) is 60.7 Å². The lowest BCUT2D eigenvalue weighted by atomic mass is 9.99. The molecule has 0 bridgehead atoms. The number of aliphatic hydroxyl groups excluding tert-OH is 1. The molecule has 0 aromatic heterocycles. The van der Waals surface area contributed by atoms with Crippen LogP contribution in [0.15, 0.2) is 66.7 Å². The molecule has 0 radical (unpaired) electrons. The van der Waals surface area contributed by atoms with E-state index in [0.717, 1.165) is 36.6 Å². The molecular weight excluding hydrogens is 620 g/mol. The fraction of sp³-hybridized carbons (Fsp3) is 0.389. The highest BCUT2D eigenvalue weighted by Crippen LogP contribution is 2.18. The van der Waals surface area contributed by atoms with Crippen LogP contribution in [0.5, 0.6) is 0 Å². The number of likely N-dealkylation sites (N-methyl/N-ethyl adjacent to an activating group) is 1. The Balaban J connectivity index is 1.91. The van der Waals surface area contributed by atoms with Crippen molar-refractivity contribution in [3.8, 4) is 0 Å². The van der Waals surface area contributed by atoms with Crippen LogP contribution in [-0.2, 0) is 17.6 Å². The molecule has 258 valence electrons. The number of hydrogen-bond acceptors (Lipinski definition) is 6. The van der Waals surface area contributed by atoms with Gasteiger partial charge in [0.15, 0.2) is 0 Å². The topological polar surface area (TPSA) is 122 Å². The number of aliphatic hydroxyl groups is 1. The maximum Gasteiger partial charge on any atom is 0.253 e. The Kier molecular flexibility index (Phi) is 14.2. The van der Waals surface area contributed by atoms with Crippen molar-refractivity contribution in [1.29, 1.82) is 0 Å². The summed E-state index contributed by atoms with van der Waals surface area (Å²) in [4.78, 5) is 55.9. The van der Waals surface area contributed by atoms with E-state index in [2.05, 4.69) is 10.7 Å². The molecule has 0 saturated heterocycles. The van der Waals surface area contributed by atoms with Crippen LogP contribution in [0.2, 0.25) is 0 Å². The van der Waals surface area contributed by atoms with E-state index < -0.39 is 35.6 Å². The Hall–Kier alpha value is -4.68. The zero-order chi connectivity index (χ0) is 35.4. The molecule has 4 amide bonds. The third-order valence-corrected chi connectivity index (χ3v) is 7.51. The number of nitrogens with zero attached hydrogens (tertiary/aromatic N) is 3. The smallest absolute Gasteiger partial charge is 0.253 e. The zero-order valence-corrected chi connectivity index (χ0v) is 28.1. The first-order valence-electron chi connectivity index (χ1n) is 16.0. The molecule has 3 aromatic carbocycles. The van der Waals surface area contributed by atoms with Gasteiger partial charge in [-0.1, -0.05) is 44.2 Å². The SMILES string of the molecule is CCCN(CCC)C(=O)c1cc(C(=O)NC(Cc2cc(F)cc(F)c2)C(O)CN(C)NC(=O)Cc2ccccc2)cc(C(=O)N(C)C)c1. The second-order valence-corrected chi connectivity index (χ2v) is 12.0. The standard InChI is InChI=1S/C36H45F2N5O5/c1-6-13-43(14-7-2)36(48)28-20-26(19-27(21-28)35(47)41(3)4)34(46)39-31(17-25-15-29(37)22-30(38)16-25)32(44)23-42(5)40-33(45)18-24-11-9-8-10-12-24/h8-12,15-16,19-22,31-32,44H,6-7,13-14,17-18,23H2,1-5H3,(H,39,46)(H,40,45). The molecule has 12 heteroatoms. The number of hydrazine groups is 1. The molecule has 0 fully saturated rings. The van der Waals surface area contributed by atoms with Gasteiger partial charge in [0.1, 0.15) is 11.6 Å². The molecule has 48 heavy (non-hydrogen) atoms. The van der Waals surface area contributed by atoms with E-state index in [4.69, 9.17) is 0 Å². The van der Waals surface area contributed by atoms with Gasteiger partial charge < -0.3 is 20.2 Å². The Morgan fingerprint density at radius 3 is 1.90 bits per heavy atom. The summed E-state index contributed by atoms with van der Waals surface area (Å²) in [5.74, 6) is -3.44. The van der Waals surface area contributed by atoms with Crippen LogP contribution >= 0.6 is 0 Å². The van der Waals surface area contributed by atoms with Gasteiger partial charge in [0, 0.05) is 63.5 Å². The van der Waals surface area contributed by atoms with Crippen LogP contribution in [0.4, 0.5) is 8.78 Å². The van der Waals surface area contributed by atoms with Crippen molar-refractivity contribution >= 4 is 23.6 Å². The summed E-state index contributed by atoms with van der Waals surface area (Å²) >= 11 is 0. The number of nitrogens with one attached hydrogen (secondary N) is 2. The second-order valence-electron chi connectivity index (χ2n) is 12.0. The summed E-state index contributed by atoms with van der Waals surface area (Å²) in [7, 11) is 4.65. The molecule has 2 unspecified atom stereocenters. The van der Waals surface area contributed by atoms with Gasteiger partial charge in [-0.2, -0.15) is 0 Å². The average Bonchev–Trinajstić information content (AvgIpc) is 3.03. The highest BCUT2D eigenvalue weighted by Gasteiger charge is 2.27. The second kappa shape index (κ2) is 18.0. The first kappa shape index (κ1) is 37.8. The Morgan fingerprint density at radius 2 is 1.33 bits per heavy atom. The quantitative estimate of drug-likeness (QED) is 0.200. The van der Waals surface area contributed by atoms with E-state index in [-0.39, 0.29) is 53.5 Å². The number of rotatable bonds is 16. The summed E-state index contributed by atoms with van der Waals surface area (Å²) in [6.45, 7) is 4.72.